The monoisotopic (exact) mass is 388 g/mol. The van der Waals surface area contributed by atoms with E-state index in [4.69, 9.17) is 5.26 Å². The number of likely N-dealkylation sites (N-methyl/N-ethyl adjacent to an activating group) is 1. The maximum Gasteiger partial charge on any atom is 0.280 e. The molecular weight excluding hydrogens is 368 g/mol. The Labute approximate surface area is 157 Å². The lowest BCUT2D eigenvalue weighted by molar-refractivity contribution is -0.120. The molecule has 1 fully saturated rings. The lowest BCUT2D eigenvalue weighted by atomic mass is 10.00. The highest BCUT2D eigenvalue weighted by molar-refractivity contribution is 7.87. The summed E-state index contributed by atoms with van der Waals surface area (Å²) in [6.07, 6.45) is 1.88. The van der Waals surface area contributed by atoms with E-state index in [0.29, 0.717) is 11.3 Å². The van der Waals surface area contributed by atoms with Crippen molar-refractivity contribution in [3.05, 3.63) is 47.3 Å². The summed E-state index contributed by atoms with van der Waals surface area (Å²) in [5, 5.41) is 15.7. The van der Waals surface area contributed by atoms with Crippen molar-refractivity contribution in [1.82, 2.24) is 18.8 Å². The first-order valence-electron chi connectivity index (χ1n) is 8.27. The fraction of sp³-hybridized carbons (Fsp3) is 0.353. The van der Waals surface area contributed by atoms with E-state index in [1.165, 1.54) is 7.05 Å². The van der Waals surface area contributed by atoms with Crippen LogP contribution in [0.25, 0.3) is 0 Å². The zero-order valence-corrected chi connectivity index (χ0v) is 16.0. The van der Waals surface area contributed by atoms with E-state index in [9.17, 15) is 13.2 Å². The molecule has 2 atom stereocenters. The smallest absolute Gasteiger partial charge is 0.280 e. The van der Waals surface area contributed by atoms with Crippen LogP contribution in [0.5, 0.6) is 0 Å². The quantitative estimate of drug-likeness (QED) is 0.806. The number of hydrogen-bond acceptors (Lipinski definition) is 5. The minimum absolute atomic E-state index is 0.268. The van der Waals surface area contributed by atoms with Gasteiger partial charge in [-0.3, -0.25) is 9.48 Å². The summed E-state index contributed by atoms with van der Waals surface area (Å²) in [4.78, 5) is 12.8. The molecule has 0 bridgehead atoms. The molecule has 10 heteroatoms. The molecule has 1 aliphatic heterocycles. The number of nitriles is 1. The molecule has 1 amide bonds. The fourth-order valence-corrected chi connectivity index (χ4v) is 4.29. The van der Waals surface area contributed by atoms with Gasteiger partial charge in [0, 0.05) is 31.0 Å². The Morgan fingerprint density at radius 1 is 1.33 bits per heavy atom. The number of benzene rings is 1. The van der Waals surface area contributed by atoms with Crippen molar-refractivity contribution in [1.29, 1.82) is 5.26 Å². The number of nitrogens with zero attached hydrogens (tertiary/aromatic N) is 4. The van der Waals surface area contributed by atoms with Crippen LogP contribution < -0.4 is 10.0 Å². The summed E-state index contributed by atoms with van der Waals surface area (Å²) >= 11 is 0. The largest absolute Gasteiger partial charge is 0.325 e. The molecule has 2 aromatic rings. The minimum Gasteiger partial charge on any atom is -0.325 e. The second kappa shape index (κ2) is 7.11. The lowest BCUT2D eigenvalue weighted by Crippen LogP contribution is -2.56. The Kier molecular flexibility index (Phi) is 5.01. The van der Waals surface area contributed by atoms with Crippen LogP contribution in [0.15, 0.2) is 30.5 Å². The third-order valence-electron chi connectivity index (χ3n) is 4.80. The van der Waals surface area contributed by atoms with Crippen molar-refractivity contribution in [3.8, 4) is 6.07 Å². The first-order chi connectivity index (χ1) is 12.7. The van der Waals surface area contributed by atoms with E-state index in [1.807, 2.05) is 13.0 Å². The van der Waals surface area contributed by atoms with Crippen molar-refractivity contribution in [3.63, 3.8) is 0 Å². The van der Waals surface area contributed by atoms with Gasteiger partial charge in [-0.25, -0.2) is 0 Å². The molecule has 0 saturated carbocycles. The summed E-state index contributed by atoms with van der Waals surface area (Å²) in [6, 6.07) is 6.96. The Bertz CT molecular complexity index is 1010. The molecule has 2 heterocycles. The molecule has 1 saturated heterocycles. The van der Waals surface area contributed by atoms with Gasteiger partial charge in [0.15, 0.2) is 0 Å². The van der Waals surface area contributed by atoms with Crippen molar-refractivity contribution in [2.24, 2.45) is 7.05 Å². The molecule has 1 aromatic heterocycles. The van der Waals surface area contributed by atoms with Crippen LogP contribution in [-0.2, 0) is 22.1 Å². The van der Waals surface area contributed by atoms with Gasteiger partial charge >= 0.3 is 0 Å². The van der Waals surface area contributed by atoms with Crippen molar-refractivity contribution >= 4 is 21.8 Å². The van der Waals surface area contributed by atoms with E-state index in [2.05, 4.69) is 15.1 Å². The summed E-state index contributed by atoms with van der Waals surface area (Å²) in [6.45, 7) is 1.85. The Balaban J connectivity index is 1.84. The van der Waals surface area contributed by atoms with E-state index < -0.39 is 28.2 Å². The van der Waals surface area contributed by atoms with Crippen LogP contribution in [0.4, 0.5) is 5.69 Å². The second-order valence-corrected chi connectivity index (χ2v) is 8.19. The molecule has 1 aliphatic rings. The van der Waals surface area contributed by atoms with Crippen molar-refractivity contribution < 1.29 is 13.2 Å². The zero-order valence-electron chi connectivity index (χ0n) is 15.2. The minimum atomic E-state index is -3.82. The molecular formula is C17H20N6O3S. The van der Waals surface area contributed by atoms with E-state index in [0.717, 1.165) is 15.6 Å². The van der Waals surface area contributed by atoms with E-state index in [1.54, 1.807) is 42.2 Å². The highest BCUT2D eigenvalue weighted by Crippen LogP contribution is 2.29. The summed E-state index contributed by atoms with van der Waals surface area (Å²) in [5.74, 6) is -0.432. The van der Waals surface area contributed by atoms with Gasteiger partial charge in [-0.2, -0.15) is 27.8 Å². The van der Waals surface area contributed by atoms with Gasteiger partial charge in [-0.15, -0.1) is 0 Å². The van der Waals surface area contributed by atoms with Crippen LogP contribution >= 0.6 is 0 Å². The Morgan fingerprint density at radius 3 is 2.56 bits per heavy atom. The molecule has 0 unspecified atom stereocenters. The molecule has 142 valence electrons. The van der Waals surface area contributed by atoms with Gasteiger partial charge in [0.25, 0.3) is 10.2 Å². The number of carbonyl (C=O) groups is 1. The predicted molar refractivity (Wildman–Crippen MR) is 98.7 cm³/mol. The molecule has 1 aromatic carbocycles. The van der Waals surface area contributed by atoms with Crippen molar-refractivity contribution in [2.45, 2.75) is 25.4 Å². The third kappa shape index (κ3) is 3.71. The summed E-state index contributed by atoms with van der Waals surface area (Å²) < 4.78 is 30.3. The Hall–Kier alpha value is -2.74. The van der Waals surface area contributed by atoms with E-state index in [-0.39, 0.29) is 6.42 Å². The van der Waals surface area contributed by atoms with Crippen LogP contribution in [-0.4, -0.2) is 41.5 Å². The number of nitrogens with one attached hydrogen (secondary N) is 2. The highest BCUT2D eigenvalue weighted by Gasteiger charge is 2.41. The number of carbonyl (C=O) groups excluding carboxylic acids is 1. The Morgan fingerprint density at radius 2 is 2.00 bits per heavy atom. The van der Waals surface area contributed by atoms with Gasteiger partial charge in [0.1, 0.15) is 6.04 Å². The van der Waals surface area contributed by atoms with Gasteiger partial charge < -0.3 is 5.32 Å². The molecule has 2 N–H and O–H groups in total. The maximum atomic E-state index is 12.8. The molecule has 0 aliphatic carbocycles. The first-order valence-corrected chi connectivity index (χ1v) is 9.71. The molecule has 9 nitrogen and oxygen atoms in total. The average Bonchev–Trinajstić information content (AvgIpc) is 2.97. The first kappa shape index (κ1) is 19.0. The molecule has 0 radical (unpaired) electrons. The van der Waals surface area contributed by atoms with Gasteiger partial charge in [-0.1, -0.05) is 0 Å². The average molecular weight is 388 g/mol. The standard InChI is InChI=1S/C17H20N6O3S/c1-11-14(10-19-22(11)2)15-8-16(23(3)27(25,26)21-15)17(24)20-13-6-4-12(9-18)5-7-13/h4-7,10,15-16,21H,8H2,1-3H3,(H,20,24)/t15-,16+/m1/s1. The topological polar surface area (TPSA) is 120 Å². The van der Waals surface area contributed by atoms with Gasteiger partial charge in [0.05, 0.1) is 23.9 Å². The van der Waals surface area contributed by atoms with Crippen LogP contribution in [0, 0.1) is 18.3 Å². The summed E-state index contributed by atoms with van der Waals surface area (Å²) in [7, 11) is -0.673. The van der Waals surface area contributed by atoms with Gasteiger partial charge in [-0.05, 0) is 37.6 Å². The number of aryl methyl sites for hydroxylation is 1. The second-order valence-electron chi connectivity index (χ2n) is 6.43. The predicted octanol–water partition coefficient (Wildman–Crippen LogP) is 0.818. The molecule has 0 spiro atoms. The number of anilines is 1. The number of amides is 1. The summed E-state index contributed by atoms with van der Waals surface area (Å²) in [5.41, 5.74) is 2.54. The van der Waals surface area contributed by atoms with Crippen LogP contribution in [0.1, 0.15) is 29.3 Å². The third-order valence-corrected chi connectivity index (χ3v) is 6.40. The number of rotatable bonds is 3. The normalized spacial score (nSPS) is 22.1. The maximum absolute atomic E-state index is 12.8. The number of aromatic nitrogens is 2. The highest BCUT2D eigenvalue weighted by atomic mass is 32.2. The SMILES string of the molecule is Cc1c([C@H]2C[C@@H](C(=O)Nc3ccc(C#N)cc3)N(C)S(=O)(=O)N2)cnn1C. The van der Waals surface area contributed by atoms with Gasteiger partial charge in [0.2, 0.25) is 5.91 Å². The fourth-order valence-electron chi connectivity index (χ4n) is 3.02. The van der Waals surface area contributed by atoms with Crippen LogP contribution in [0.2, 0.25) is 0 Å². The molecule has 27 heavy (non-hydrogen) atoms. The lowest BCUT2D eigenvalue weighted by Gasteiger charge is -2.36. The van der Waals surface area contributed by atoms with Crippen LogP contribution in [0.3, 0.4) is 0 Å². The van der Waals surface area contributed by atoms with E-state index >= 15 is 0 Å². The van der Waals surface area contributed by atoms with Crippen molar-refractivity contribution in [2.75, 3.05) is 12.4 Å². The number of hydrogen-bond donors (Lipinski definition) is 2. The molecule has 3 rings (SSSR count). The zero-order chi connectivity index (χ0) is 19.8.